The molecule has 0 unspecified atom stereocenters. The molecule has 0 radical (unpaired) electrons. The number of aromatic nitrogens is 2. The van der Waals surface area contributed by atoms with E-state index in [9.17, 15) is 23.5 Å². The van der Waals surface area contributed by atoms with Gasteiger partial charge in [-0.25, -0.2) is 14.6 Å². The molecule has 1 aromatic carbocycles. The van der Waals surface area contributed by atoms with Crippen LogP contribution in [0.25, 0.3) is 5.69 Å². The van der Waals surface area contributed by atoms with Crippen LogP contribution in [0.15, 0.2) is 29.1 Å². The molecule has 0 saturated heterocycles. The molecule has 0 saturated carbocycles. The summed E-state index contributed by atoms with van der Waals surface area (Å²) < 4.78 is 26.9. The number of rotatable bonds is 2. The number of amides is 1. The Morgan fingerprint density at radius 2 is 2.05 bits per heavy atom. The fourth-order valence-electron chi connectivity index (χ4n) is 1.50. The van der Waals surface area contributed by atoms with E-state index in [0.717, 1.165) is 12.1 Å². The average Bonchev–Trinajstić information content (AvgIpc) is 2.39. The van der Waals surface area contributed by atoms with E-state index in [2.05, 4.69) is 5.10 Å². The lowest BCUT2D eigenvalue weighted by molar-refractivity contribution is 0.0943. The molecule has 0 bridgehead atoms. The Bertz CT molecular complexity index is 745. The first-order valence-electron chi connectivity index (χ1n) is 5.23. The maximum absolute atomic E-state index is 13.6. The molecular weight excluding hydrogens is 274 g/mol. The summed E-state index contributed by atoms with van der Waals surface area (Å²) in [6, 6.07) is 3.11. The zero-order valence-electron chi connectivity index (χ0n) is 9.80. The van der Waals surface area contributed by atoms with Crippen molar-refractivity contribution >= 4 is 5.91 Å². The zero-order valence-corrected chi connectivity index (χ0v) is 9.80. The first-order chi connectivity index (χ1) is 9.43. The van der Waals surface area contributed by atoms with E-state index < -0.39 is 34.5 Å². The second kappa shape index (κ2) is 5.05. The van der Waals surface area contributed by atoms with Crippen LogP contribution in [0.5, 0.6) is 5.75 Å². The third-order valence-corrected chi connectivity index (χ3v) is 2.40. The topological polar surface area (TPSA) is 110 Å². The second-order valence-corrected chi connectivity index (χ2v) is 3.70. The molecule has 20 heavy (non-hydrogen) atoms. The normalized spacial score (nSPS) is 10.3. The Kier molecular flexibility index (Phi) is 3.44. The summed E-state index contributed by atoms with van der Waals surface area (Å²) in [6.45, 7) is 0. The molecule has 2 aromatic rings. The van der Waals surface area contributed by atoms with Crippen LogP contribution in [0.1, 0.15) is 10.5 Å². The molecule has 0 atom stereocenters. The number of hydrazine groups is 1. The van der Waals surface area contributed by atoms with Gasteiger partial charge in [0.05, 0.1) is 0 Å². The molecule has 0 aliphatic rings. The molecule has 4 N–H and O–H groups in total. The lowest BCUT2D eigenvalue weighted by atomic mass is 10.3. The van der Waals surface area contributed by atoms with E-state index in [4.69, 9.17) is 5.84 Å². The molecule has 104 valence electrons. The largest absolute Gasteiger partial charge is 0.505 e. The van der Waals surface area contributed by atoms with Gasteiger partial charge in [-0.05, 0) is 12.1 Å². The number of halogens is 2. The van der Waals surface area contributed by atoms with Crippen molar-refractivity contribution in [3.63, 3.8) is 0 Å². The van der Waals surface area contributed by atoms with Crippen molar-refractivity contribution < 1.29 is 18.7 Å². The highest BCUT2D eigenvalue weighted by molar-refractivity contribution is 5.94. The average molecular weight is 282 g/mol. The van der Waals surface area contributed by atoms with Gasteiger partial charge in [0.1, 0.15) is 11.5 Å². The van der Waals surface area contributed by atoms with E-state index >= 15 is 0 Å². The molecule has 1 aromatic heterocycles. The Labute approximate surface area is 110 Å². The van der Waals surface area contributed by atoms with Crippen LogP contribution in [-0.2, 0) is 0 Å². The highest BCUT2D eigenvalue weighted by Crippen LogP contribution is 2.15. The van der Waals surface area contributed by atoms with Gasteiger partial charge >= 0.3 is 0 Å². The van der Waals surface area contributed by atoms with Crippen molar-refractivity contribution in [2.24, 2.45) is 5.84 Å². The predicted molar refractivity (Wildman–Crippen MR) is 63.1 cm³/mol. The molecule has 1 amide bonds. The number of carbonyl (C=O) groups is 1. The SMILES string of the molecule is NNC(=O)c1nn(-c2ccc(F)cc2F)c(=O)cc1O. The van der Waals surface area contributed by atoms with E-state index in [1.54, 1.807) is 5.43 Å². The summed E-state index contributed by atoms with van der Waals surface area (Å²) in [5.74, 6) is 1.32. The number of hydrogen-bond donors (Lipinski definition) is 3. The van der Waals surface area contributed by atoms with Crippen molar-refractivity contribution in [3.8, 4) is 11.4 Å². The van der Waals surface area contributed by atoms with Gasteiger partial charge in [-0.3, -0.25) is 15.0 Å². The Morgan fingerprint density at radius 1 is 1.35 bits per heavy atom. The molecule has 0 fully saturated rings. The van der Waals surface area contributed by atoms with Gasteiger partial charge < -0.3 is 5.11 Å². The number of aromatic hydroxyl groups is 1. The van der Waals surface area contributed by atoms with Crippen LogP contribution in [0.2, 0.25) is 0 Å². The molecule has 7 nitrogen and oxygen atoms in total. The molecule has 2 rings (SSSR count). The number of carbonyl (C=O) groups excluding carboxylic acids is 1. The van der Waals surface area contributed by atoms with Crippen LogP contribution < -0.4 is 16.8 Å². The minimum Gasteiger partial charge on any atom is -0.505 e. The fraction of sp³-hybridized carbons (Fsp3) is 0. The predicted octanol–water partition coefficient (Wildman–Crippen LogP) is -0.180. The van der Waals surface area contributed by atoms with Crippen LogP contribution in [0.3, 0.4) is 0 Å². The Hall–Kier alpha value is -2.81. The minimum absolute atomic E-state index is 0.373. The Morgan fingerprint density at radius 3 is 2.65 bits per heavy atom. The van der Waals surface area contributed by atoms with Crippen molar-refractivity contribution in [3.05, 3.63) is 51.9 Å². The first-order valence-corrected chi connectivity index (χ1v) is 5.23. The van der Waals surface area contributed by atoms with Crippen molar-refractivity contribution in [2.45, 2.75) is 0 Å². The van der Waals surface area contributed by atoms with Gasteiger partial charge in [0.2, 0.25) is 0 Å². The fourth-order valence-corrected chi connectivity index (χ4v) is 1.50. The quantitative estimate of drug-likeness (QED) is 0.402. The van der Waals surface area contributed by atoms with Crippen molar-refractivity contribution in [1.29, 1.82) is 0 Å². The van der Waals surface area contributed by atoms with Gasteiger partial charge in [-0.1, -0.05) is 0 Å². The smallest absolute Gasteiger partial charge is 0.289 e. The van der Waals surface area contributed by atoms with Crippen LogP contribution in [-0.4, -0.2) is 20.8 Å². The molecule has 0 aliphatic heterocycles. The second-order valence-electron chi connectivity index (χ2n) is 3.70. The minimum atomic E-state index is -1.05. The van der Waals surface area contributed by atoms with E-state index in [-0.39, 0.29) is 5.69 Å². The Balaban J connectivity index is 2.68. The standard InChI is InChI=1S/C11H8F2N4O3/c12-5-1-2-7(6(13)3-5)17-9(19)4-8(18)10(16-17)11(20)15-14/h1-4,18H,14H2,(H,15,20). The maximum atomic E-state index is 13.6. The summed E-state index contributed by atoms with van der Waals surface area (Å²) >= 11 is 0. The van der Waals surface area contributed by atoms with Crippen LogP contribution >= 0.6 is 0 Å². The molecule has 1 heterocycles. The number of benzene rings is 1. The first kappa shape index (κ1) is 13.6. The molecule has 0 aliphatic carbocycles. The maximum Gasteiger partial charge on any atom is 0.289 e. The lowest BCUT2D eigenvalue weighted by Gasteiger charge is -2.08. The summed E-state index contributed by atoms with van der Waals surface area (Å²) in [5, 5.41) is 12.9. The van der Waals surface area contributed by atoms with Gasteiger partial charge in [0.15, 0.2) is 17.3 Å². The molecule has 9 heteroatoms. The summed E-state index contributed by atoms with van der Waals surface area (Å²) in [4.78, 5) is 23.0. The monoisotopic (exact) mass is 282 g/mol. The van der Waals surface area contributed by atoms with Gasteiger partial charge in [-0.2, -0.15) is 9.78 Å². The summed E-state index contributed by atoms with van der Waals surface area (Å²) in [6.07, 6.45) is 0. The van der Waals surface area contributed by atoms with Gasteiger partial charge in [-0.15, -0.1) is 0 Å². The third-order valence-electron chi connectivity index (χ3n) is 2.40. The van der Waals surface area contributed by atoms with Crippen molar-refractivity contribution in [1.82, 2.24) is 15.2 Å². The van der Waals surface area contributed by atoms with Crippen molar-refractivity contribution in [2.75, 3.05) is 0 Å². The zero-order chi connectivity index (χ0) is 14.9. The lowest BCUT2D eigenvalue weighted by Crippen LogP contribution is -2.33. The van der Waals surface area contributed by atoms with Gasteiger partial charge in [0, 0.05) is 12.1 Å². The number of hydrogen-bond acceptors (Lipinski definition) is 5. The highest BCUT2D eigenvalue weighted by atomic mass is 19.1. The number of nitrogens with zero attached hydrogens (tertiary/aromatic N) is 2. The number of nitrogen functional groups attached to an aromatic ring is 1. The van der Waals surface area contributed by atoms with Crippen LogP contribution in [0.4, 0.5) is 8.78 Å². The number of nitrogens with two attached hydrogens (primary N) is 1. The third kappa shape index (κ3) is 2.34. The van der Waals surface area contributed by atoms with Gasteiger partial charge in [0.25, 0.3) is 11.5 Å². The van der Waals surface area contributed by atoms with E-state index in [0.29, 0.717) is 16.8 Å². The highest BCUT2D eigenvalue weighted by Gasteiger charge is 2.17. The van der Waals surface area contributed by atoms with E-state index in [1.165, 1.54) is 0 Å². The summed E-state index contributed by atoms with van der Waals surface area (Å²) in [5.41, 5.74) is -0.134. The van der Waals surface area contributed by atoms with E-state index in [1.807, 2.05) is 0 Å². The number of nitrogens with one attached hydrogen (secondary N) is 1. The molecule has 0 spiro atoms. The summed E-state index contributed by atoms with van der Waals surface area (Å²) in [7, 11) is 0. The van der Waals surface area contributed by atoms with Crippen LogP contribution in [0, 0.1) is 11.6 Å². The molecular formula is C11H8F2N4O3.